The molecule has 0 bridgehead atoms. The molecule has 4 rings (SSSR count). The number of hydrogen-bond donors (Lipinski definition) is 1. The van der Waals surface area contributed by atoms with Crippen LogP contribution in [0.4, 0.5) is 10.5 Å². The summed E-state index contributed by atoms with van der Waals surface area (Å²) >= 11 is 0. The summed E-state index contributed by atoms with van der Waals surface area (Å²) < 4.78 is 8.74. The molecule has 1 aliphatic rings. The summed E-state index contributed by atoms with van der Waals surface area (Å²) in [7, 11) is 1.67. The molecule has 3 aromatic rings. The molecule has 1 saturated heterocycles. The minimum absolute atomic E-state index is 0.114. The third kappa shape index (κ3) is 5.27. The monoisotopic (exact) mass is 449 g/mol. The molecule has 2 heterocycles. The van der Waals surface area contributed by atoms with Crippen LogP contribution in [0.1, 0.15) is 44.3 Å². The topological polar surface area (TPSA) is 81.4 Å². The molecule has 0 aliphatic carbocycles. The van der Waals surface area contributed by atoms with Gasteiger partial charge in [0.2, 0.25) is 0 Å². The average molecular weight is 450 g/mol. The fourth-order valence-corrected chi connectivity index (χ4v) is 4.08. The van der Waals surface area contributed by atoms with E-state index in [2.05, 4.69) is 17.3 Å². The zero-order valence-electron chi connectivity index (χ0n) is 19.2. The Morgan fingerprint density at radius 1 is 1.09 bits per heavy atom. The lowest BCUT2D eigenvalue weighted by Gasteiger charge is -2.31. The van der Waals surface area contributed by atoms with Crippen molar-refractivity contribution >= 4 is 11.7 Å². The van der Waals surface area contributed by atoms with Crippen LogP contribution < -0.4 is 15.7 Å². The lowest BCUT2D eigenvalue weighted by atomic mass is 9.96. The number of urea groups is 1. The summed E-state index contributed by atoms with van der Waals surface area (Å²) in [5.74, 6) is 1.68. The van der Waals surface area contributed by atoms with Gasteiger partial charge in [-0.2, -0.15) is 5.10 Å². The number of amides is 2. The fourth-order valence-electron chi connectivity index (χ4n) is 4.08. The highest BCUT2D eigenvalue weighted by molar-refractivity contribution is 5.89. The highest BCUT2D eigenvalue weighted by atomic mass is 16.5. The van der Waals surface area contributed by atoms with Crippen molar-refractivity contribution in [2.45, 2.75) is 38.5 Å². The Morgan fingerprint density at radius 3 is 2.45 bits per heavy atom. The first-order valence-electron chi connectivity index (χ1n) is 11.6. The van der Waals surface area contributed by atoms with E-state index in [0.717, 1.165) is 48.6 Å². The minimum Gasteiger partial charge on any atom is -0.494 e. The third-order valence-electron chi connectivity index (χ3n) is 5.98. The van der Waals surface area contributed by atoms with E-state index in [0.29, 0.717) is 19.7 Å². The second-order valence-electron chi connectivity index (χ2n) is 8.35. The molecule has 33 heavy (non-hydrogen) atoms. The number of ether oxygens (including phenoxy) is 1. The number of carbonyl (C=O) groups is 1. The molecule has 0 atom stereocenters. The number of aromatic nitrogens is 3. The summed E-state index contributed by atoms with van der Waals surface area (Å²) in [6.07, 6.45) is 3.62. The highest BCUT2D eigenvalue weighted by Crippen LogP contribution is 2.28. The van der Waals surface area contributed by atoms with E-state index < -0.39 is 0 Å². The van der Waals surface area contributed by atoms with Crippen LogP contribution >= 0.6 is 0 Å². The van der Waals surface area contributed by atoms with E-state index in [1.54, 1.807) is 11.6 Å². The Bertz CT molecular complexity index is 1110. The van der Waals surface area contributed by atoms with Crippen molar-refractivity contribution in [1.29, 1.82) is 0 Å². The van der Waals surface area contributed by atoms with E-state index in [1.165, 1.54) is 4.68 Å². The molecule has 2 aromatic carbocycles. The van der Waals surface area contributed by atoms with E-state index in [-0.39, 0.29) is 17.6 Å². The van der Waals surface area contributed by atoms with Gasteiger partial charge in [0.1, 0.15) is 11.6 Å². The predicted octanol–water partition coefficient (Wildman–Crippen LogP) is 4.16. The van der Waals surface area contributed by atoms with Crippen molar-refractivity contribution in [2.75, 3.05) is 25.0 Å². The molecular weight excluding hydrogens is 418 g/mol. The number of aryl methyl sites for hydroxylation is 1. The van der Waals surface area contributed by atoms with Crippen molar-refractivity contribution in [1.82, 2.24) is 19.2 Å². The summed E-state index contributed by atoms with van der Waals surface area (Å²) in [4.78, 5) is 27.3. The number of nitrogens with one attached hydrogen (secondary N) is 1. The molecule has 2 amide bonds. The normalized spacial score (nSPS) is 14.3. The van der Waals surface area contributed by atoms with Gasteiger partial charge >= 0.3 is 11.7 Å². The summed E-state index contributed by atoms with van der Waals surface area (Å²) in [6, 6.07) is 16.9. The van der Waals surface area contributed by atoms with Crippen LogP contribution in [0.3, 0.4) is 0 Å². The lowest BCUT2D eigenvalue weighted by Crippen LogP contribution is -2.41. The van der Waals surface area contributed by atoms with Crippen LogP contribution in [0.15, 0.2) is 59.4 Å². The molecule has 174 valence electrons. The van der Waals surface area contributed by atoms with Crippen LogP contribution in [0, 0.1) is 0 Å². The van der Waals surface area contributed by atoms with Crippen molar-refractivity contribution in [2.24, 2.45) is 7.05 Å². The number of anilines is 1. The zero-order valence-corrected chi connectivity index (χ0v) is 19.2. The maximum atomic E-state index is 12.8. The highest BCUT2D eigenvalue weighted by Gasteiger charge is 2.28. The molecule has 0 radical (unpaired) electrons. The van der Waals surface area contributed by atoms with Crippen LogP contribution in [0.5, 0.6) is 5.75 Å². The first-order valence-corrected chi connectivity index (χ1v) is 11.6. The van der Waals surface area contributed by atoms with Gasteiger partial charge in [-0.1, -0.05) is 31.5 Å². The smallest absolute Gasteiger partial charge is 0.350 e. The van der Waals surface area contributed by atoms with Gasteiger partial charge < -0.3 is 15.0 Å². The van der Waals surface area contributed by atoms with E-state index in [4.69, 9.17) is 4.74 Å². The Hall–Kier alpha value is -3.55. The van der Waals surface area contributed by atoms with Gasteiger partial charge in [-0.05, 0) is 55.7 Å². The van der Waals surface area contributed by atoms with Gasteiger partial charge in [0.05, 0.1) is 12.3 Å². The van der Waals surface area contributed by atoms with E-state index in [9.17, 15) is 9.59 Å². The quantitative estimate of drug-likeness (QED) is 0.549. The second-order valence-corrected chi connectivity index (χ2v) is 8.35. The van der Waals surface area contributed by atoms with Crippen LogP contribution in [-0.4, -0.2) is 45.0 Å². The molecule has 1 fully saturated rings. The standard InChI is InChI=1S/C25H31N5O3/c1-3-4-18-33-22-12-10-20(11-13-22)26-24(31)29-16-14-19(15-17-29)23-27-28(2)25(32)30(23)21-8-6-5-7-9-21/h5-13,19H,3-4,14-18H2,1-2H3,(H,26,31). The Kier molecular flexibility index (Phi) is 7.12. The number of benzene rings is 2. The molecule has 0 spiro atoms. The average Bonchev–Trinajstić information content (AvgIpc) is 3.15. The van der Waals surface area contributed by atoms with Crippen LogP contribution in [0.2, 0.25) is 0 Å². The Labute approximate surface area is 193 Å². The van der Waals surface area contributed by atoms with Crippen LogP contribution in [-0.2, 0) is 7.05 Å². The number of hydrogen-bond acceptors (Lipinski definition) is 4. The third-order valence-corrected chi connectivity index (χ3v) is 5.98. The predicted molar refractivity (Wildman–Crippen MR) is 128 cm³/mol. The molecule has 1 aromatic heterocycles. The minimum atomic E-state index is -0.154. The number of likely N-dealkylation sites (tertiary alicyclic amines) is 1. The van der Waals surface area contributed by atoms with Crippen LogP contribution in [0.25, 0.3) is 5.69 Å². The van der Waals surface area contributed by atoms with Crippen molar-refractivity contribution in [3.05, 3.63) is 70.9 Å². The lowest BCUT2D eigenvalue weighted by molar-refractivity contribution is 0.193. The van der Waals surface area contributed by atoms with Gasteiger partial charge in [-0.25, -0.2) is 18.8 Å². The molecule has 1 N–H and O–H groups in total. The first-order chi connectivity index (χ1) is 16.1. The number of unbranched alkanes of at least 4 members (excludes halogenated alkanes) is 1. The van der Waals surface area contributed by atoms with Gasteiger partial charge in [-0.15, -0.1) is 0 Å². The number of para-hydroxylation sites is 1. The van der Waals surface area contributed by atoms with Crippen molar-refractivity contribution < 1.29 is 9.53 Å². The summed E-state index contributed by atoms with van der Waals surface area (Å²) in [5, 5.41) is 7.49. The number of nitrogens with zero attached hydrogens (tertiary/aromatic N) is 4. The van der Waals surface area contributed by atoms with Gasteiger partial charge in [0.25, 0.3) is 0 Å². The molecule has 8 nitrogen and oxygen atoms in total. The number of rotatable bonds is 7. The maximum absolute atomic E-state index is 12.8. The molecule has 1 aliphatic heterocycles. The SMILES string of the molecule is CCCCOc1ccc(NC(=O)N2CCC(c3nn(C)c(=O)n3-c3ccccc3)CC2)cc1. The Balaban J connectivity index is 1.36. The Morgan fingerprint density at radius 2 is 1.79 bits per heavy atom. The molecular formula is C25H31N5O3. The number of carbonyl (C=O) groups excluding carboxylic acids is 1. The summed E-state index contributed by atoms with van der Waals surface area (Å²) in [6.45, 7) is 4.04. The van der Waals surface area contributed by atoms with Gasteiger partial charge in [-0.3, -0.25) is 0 Å². The summed E-state index contributed by atoms with van der Waals surface area (Å²) in [5.41, 5.74) is 1.40. The molecule has 0 unspecified atom stereocenters. The molecule has 0 saturated carbocycles. The van der Waals surface area contributed by atoms with E-state index >= 15 is 0 Å². The van der Waals surface area contributed by atoms with Crippen molar-refractivity contribution in [3.63, 3.8) is 0 Å². The second kappa shape index (κ2) is 10.4. The fraction of sp³-hybridized carbons (Fsp3) is 0.400. The largest absolute Gasteiger partial charge is 0.494 e. The van der Waals surface area contributed by atoms with Gasteiger partial charge in [0.15, 0.2) is 0 Å². The van der Waals surface area contributed by atoms with Crippen molar-refractivity contribution in [3.8, 4) is 11.4 Å². The van der Waals surface area contributed by atoms with E-state index in [1.807, 2.05) is 59.5 Å². The molecule has 8 heteroatoms. The zero-order chi connectivity index (χ0) is 23.2. The van der Waals surface area contributed by atoms with Gasteiger partial charge in [0, 0.05) is 31.7 Å². The maximum Gasteiger partial charge on any atom is 0.350 e. The first kappa shape index (κ1) is 22.6. The number of piperidine rings is 1.